The van der Waals surface area contributed by atoms with Crippen LogP contribution in [0.3, 0.4) is 0 Å². The molecule has 1 N–H and O–H groups in total. The van der Waals surface area contributed by atoms with E-state index in [-0.39, 0.29) is 11.8 Å². The third-order valence-electron chi connectivity index (χ3n) is 4.72. The van der Waals surface area contributed by atoms with Crippen molar-refractivity contribution in [2.24, 2.45) is 5.41 Å². The Hall–Kier alpha value is -1.84. The molecular formula is C19H28N2O2. The fourth-order valence-electron chi connectivity index (χ4n) is 3.06. The van der Waals surface area contributed by atoms with Crippen LogP contribution < -0.4 is 5.32 Å². The summed E-state index contributed by atoms with van der Waals surface area (Å²) in [7, 11) is 0. The number of rotatable bonds is 4. The summed E-state index contributed by atoms with van der Waals surface area (Å²) in [5.74, 6) is -0.293. The summed E-state index contributed by atoms with van der Waals surface area (Å²) >= 11 is 0. The predicted molar refractivity (Wildman–Crippen MR) is 93.4 cm³/mol. The van der Waals surface area contributed by atoms with Gasteiger partial charge in [-0.05, 0) is 57.6 Å². The van der Waals surface area contributed by atoms with Crippen molar-refractivity contribution in [3.63, 3.8) is 0 Å². The van der Waals surface area contributed by atoms with Gasteiger partial charge in [0.2, 0.25) is 11.8 Å². The highest BCUT2D eigenvalue weighted by Crippen LogP contribution is 2.27. The van der Waals surface area contributed by atoms with Crippen molar-refractivity contribution in [3.05, 3.63) is 29.3 Å². The number of anilines is 1. The largest absolute Gasteiger partial charge is 0.342 e. The molecule has 2 amide bonds. The van der Waals surface area contributed by atoms with Crippen LogP contribution in [0.2, 0.25) is 0 Å². The van der Waals surface area contributed by atoms with E-state index >= 15 is 0 Å². The number of piperidine rings is 1. The zero-order chi connectivity index (χ0) is 17.0. The van der Waals surface area contributed by atoms with Crippen LogP contribution in [0.5, 0.6) is 0 Å². The number of nitrogens with zero attached hydrogens (tertiary/aromatic N) is 1. The predicted octanol–water partition coefficient (Wildman–Crippen LogP) is 3.53. The van der Waals surface area contributed by atoms with Gasteiger partial charge in [-0.3, -0.25) is 9.59 Å². The van der Waals surface area contributed by atoms with Crippen molar-refractivity contribution in [1.29, 1.82) is 0 Å². The van der Waals surface area contributed by atoms with Gasteiger partial charge in [0, 0.05) is 18.8 Å². The molecular weight excluding hydrogens is 288 g/mol. The average molecular weight is 316 g/mol. The van der Waals surface area contributed by atoms with Crippen LogP contribution in [0.1, 0.15) is 51.2 Å². The van der Waals surface area contributed by atoms with Crippen molar-refractivity contribution >= 4 is 17.5 Å². The van der Waals surface area contributed by atoms with Gasteiger partial charge in [-0.15, -0.1) is 0 Å². The average Bonchev–Trinajstić information content (AvgIpc) is 2.56. The normalized spacial score (nSPS) is 15.4. The third kappa shape index (κ3) is 3.74. The number of likely N-dealkylation sites (tertiary alicyclic amines) is 1. The van der Waals surface area contributed by atoms with Gasteiger partial charge < -0.3 is 10.2 Å². The van der Waals surface area contributed by atoms with E-state index in [9.17, 15) is 9.59 Å². The first-order valence-electron chi connectivity index (χ1n) is 8.57. The van der Waals surface area contributed by atoms with E-state index in [0.29, 0.717) is 0 Å². The standard InChI is InChI=1S/C19H28N2O2/c1-5-15-11-9-10-14(2)16(15)20-17(22)19(3,4)18(23)21-12-7-6-8-13-21/h9-11H,5-8,12-13H2,1-4H3,(H,20,22). The molecule has 1 fully saturated rings. The molecule has 0 radical (unpaired) electrons. The van der Waals surface area contributed by atoms with E-state index in [0.717, 1.165) is 49.2 Å². The fourth-order valence-corrected chi connectivity index (χ4v) is 3.06. The van der Waals surface area contributed by atoms with E-state index in [2.05, 4.69) is 12.2 Å². The van der Waals surface area contributed by atoms with E-state index in [4.69, 9.17) is 0 Å². The summed E-state index contributed by atoms with van der Waals surface area (Å²) < 4.78 is 0. The van der Waals surface area contributed by atoms with Gasteiger partial charge in [-0.2, -0.15) is 0 Å². The molecule has 4 heteroatoms. The minimum atomic E-state index is -1.05. The van der Waals surface area contributed by atoms with Crippen LogP contribution in [0, 0.1) is 12.3 Å². The number of carbonyl (C=O) groups is 2. The lowest BCUT2D eigenvalue weighted by molar-refractivity contribution is -0.147. The molecule has 1 saturated heterocycles. The zero-order valence-corrected chi connectivity index (χ0v) is 14.7. The van der Waals surface area contributed by atoms with E-state index < -0.39 is 5.41 Å². The zero-order valence-electron chi connectivity index (χ0n) is 14.7. The van der Waals surface area contributed by atoms with Gasteiger partial charge >= 0.3 is 0 Å². The highest BCUT2D eigenvalue weighted by Gasteiger charge is 2.39. The first-order valence-corrected chi connectivity index (χ1v) is 8.57. The maximum atomic E-state index is 12.8. The molecule has 2 rings (SSSR count). The maximum Gasteiger partial charge on any atom is 0.239 e. The van der Waals surface area contributed by atoms with E-state index in [1.54, 1.807) is 13.8 Å². The molecule has 0 saturated carbocycles. The number of benzene rings is 1. The molecule has 1 aromatic rings. The number of carbonyl (C=O) groups excluding carboxylic acids is 2. The molecule has 1 aliphatic heterocycles. The summed E-state index contributed by atoms with van der Waals surface area (Å²) in [5, 5.41) is 3.00. The molecule has 1 aromatic carbocycles. The monoisotopic (exact) mass is 316 g/mol. The van der Waals surface area contributed by atoms with Crippen LogP contribution in [0.4, 0.5) is 5.69 Å². The van der Waals surface area contributed by atoms with E-state index in [1.165, 1.54) is 6.42 Å². The van der Waals surface area contributed by atoms with Gasteiger partial charge in [-0.1, -0.05) is 25.1 Å². The first kappa shape index (κ1) is 17.5. The molecule has 4 nitrogen and oxygen atoms in total. The minimum absolute atomic E-state index is 0.0682. The molecule has 1 heterocycles. The fraction of sp³-hybridized carbons (Fsp3) is 0.579. The Kier molecular flexibility index (Phi) is 5.45. The molecule has 0 spiro atoms. The topological polar surface area (TPSA) is 49.4 Å². The number of para-hydroxylation sites is 1. The van der Waals surface area contributed by atoms with Crippen molar-refractivity contribution in [3.8, 4) is 0 Å². The Labute approximate surface area is 139 Å². The van der Waals surface area contributed by atoms with Gasteiger partial charge in [-0.25, -0.2) is 0 Å². The summed E-state index contributed by atoms with van der Waals surface area (Å²) in [6.45, 7) is 9.02. The van der Waals surface area contributed by atoms with Crippen molar-refractivity contribution < 1.29 is 9.59 Å². The molecule has 23 heavy (non-hydrogen) atoms. The maximum absolute atomic E-state index is 12.8. The summed E-state index contributed by atoms with van der Waals surface area (Å²) in [5.41, 5.74) is 1.92. The third-order valence-corrected chi connectivity index (χ3v) is 4.72. The van der Waals surface area contributed by atoms with Crippen LogP contribution in [0.15, 0.2) is 18.2 Å². The SMILES string of the molecule is CCc1cccc(C)c1NC(=O)C(C)(C)C(=O)N1CCCCC1. The van der Waals surface area contributed by atoms with Gasteiger partial charge in [0.1, 0.15) is 5.41 Å². The lowest BCUT2D eigenvalue weighted by Gasteiger charge is -2.33. The highest BCUT2D eigenvalue weighted by atomic mass is 16.2. The Balaban J connectivity index is 2.17. The highest BCUT2D eigenvalue weighted by molar-refractivity contribution is 6.10. The quantitative estimate of drug-likeness (QED) is 0.864. The molecule has 1 aliphatic rings. The molecule has 0 aromatic heterocycles. The Bertz CT molecular complexity index is 587. The summed E-state index contributed by atoms with van der Waals surface area (Å²) in [4.78, 5) is 27.4. The number of nitrogens with one attached hydrogen (secondary N) is 1. The van der Waals surface area contributed by atoms with Crippen LogP contribution >= 0.6 is 0 Å². The Morgan fingerprint density at radius 1 is 1.17 bits per heavy atom. The Morgan fingerprint density at radius 3 is 2.43 bits per heavy atom. The van der Waals surface area contributed by atoms with Crippen molar-refractivity contribution in [2.45, 2.75) is 53.4 Å². The van der Waals surface area contributed by atoms with Gasteiger partial charge in [0.25, 0.3) is 0 Å². The smallest absolute Gasteiger partial charge is 0.239 e. The number of amides is 2. The second kappa shape index (κ2) is 7.16. The molecule has 0 atom stereocenters. The summed E-state index contributed by atoms with van der Waals surface area (Å²) in [6.07, 6.45) is 4.07. The van der Waals surface area contributed by atoms with Gasteiger partial charge in [0.15, 0.2) is 0 Å². The lowest BCUT2D eigenvalue weighted by Crippen LogP contribution is -2.49. The lowest BCUT2D eigenvalue weighted by atomic mass is 9.89. The number of aryl methyl sites for hydroxylation is 2. The molecule has 0 aliphatic carbocycles. The van der Waals surface area contributed by atoms with E-state index in [1.807, 2.05) is 30.0 Å². The second-order valence-corrected chi connectivity index (χ2v) is 6.89. The summed E-state index contributed by atoms with van der Waals surface area (Å²) in [6, 6.07) is 5.99. The van der Waals surface area contributed by atoms with Crippen molar-refractivity contribution in [1.82, 2.24) is 4.90 Å². The Morgan fingerprint density at radius 2 is 1.83 bits per heavy atom. The van der Waals surface area contributed by atoms with Gasteiger partial charge in [0.05, 0.1) is 0 Å². The number of hydrogen-bond acceptors (Lipinski definition) is 2. The van der Waals surface area contributed by atoms with Crippen molar-refractivity contribution in [2.75, 3.05) is 18.4 Å². The van der Waals surface area contributed by atoms with Crippen LogP contribution in [0.25, 0.3) is 0 Å². The number of hydrogen-bond donors (Lipinski definition) is 1. The first-order chi connectivity index (χ1) is 10.9. The molecule has 126 valence electrons. The minimum Gasteiger partial charge on any atom is -0.342 e. The molecule has 0 bridgehead atoms. The van der Waals surface area contributed by atoms with Crippen LogP contribution in [-0.4, -0.2) is 29.8 Å². The van der Waals surface area contributed by atoms with Crippen LogP contribution in [-0.2, 0) is 16.0 Å². The second-order valence-electron chi connectivity index (χ2n) is 6.89. The molecule has 0 unspecified atom stereocenters.